The molecular weight excluding hydrogens is 503 g/mol. The first-order valence-electron chi connectivity index (χ1n) is 7.14. The Kier molecular flexibility index (Phi) is 8.51. The third-order valence-electron chi connectivity index (χ3n) is 3.48. The summed E-state index contributed by atoms with van der Waals surface area (Å²) in [7, 11) is -1.25. The number of halogens is 4. The predicted molar refractivity (Wildman–Crippen MR) is 100 cm³/mol. The molecule has 3 aromatic carbocycles. The van der Waals surface area contributed by atoms with Gasteiger partial charge in [0.1, 0.15) is 0 Å². The molecule has 0 aliphatic heterocycles. The second kappa shape index (κ2) is 9.65. The zero-order chi connectivity index (χ0) is 16.3. The van der Waals surface area contributed by atoms with Crippen molar-refractivity contribution in [3.05, 3.63) is 90.5 Å². The Morgan fingerprint density at radius 3 is 1.44 bits per heavy atom. The van der Waals surface area contributed by atoms with E-state index in [1.165, 1.54) is 6.07 Å². The van der Waals surface area contributed by atoms with Crippen LogP contribution < -0.4 is 15.9 Å². The number of hydrogen-bond acceptors (Lipinski definition) is 0. The maximum Gasteiger partial charge on any atom is 0.417 e. The van der Waals surface area contributed by atoms with Crippen LogP contribution in [0.15, 0.2) is 84.9 Å². The molecule has 0 fully saturated rings. The molecule has 0 amide bonds. The summed E-state index contributed by atoms with van der Waals surface area (Å²) >= 11 is 0. The average molecular weight is 518 g/mol. The number of benzene rings is 3. The van der Waals surface area contributed by atoms with Crippen LogP contribution in [0.4, 0.5) is 13.2 Å². The maximum atomic E-state index is 13.5. The van der Waals surface area contributed by atoms with E-state index in [2.05, 4.69) is 0 Å². The minimum absolute atomic E-state index is 0. The van der Waals surface area contributed by atoms with Crippen molar-refractivity contribution < 1.29 is 33.6 Å². The molecular formula is C19H15BrF3PPd. The molecule has 0 bridgehead atoms. The zero-order valence-electron chi connectivity index (χ0n) is 12.9. The summed E-state index contributed by atoms with van der Waals surface area (Å²) in [6, 6.07) is 24.7. The van der Waals surface area contributed by atoms with Crippen LogP contribution >= 0.6 is 24.9 Å². The van der Waals surface area contributed by atoms with E-state index in [1.807, 2.05) is 60.7 Å². The van der Waals surface area contributed by atoms with Gasteiger partial charge in [0.15, 0.2) is 0 Å². The summed E-state index contributed by atoms with van der Waals surface area (Å²) in [5.41, 5.74) is -0.557. The van der Waals surface area contributed by atoms with E-state index < -0.39 is 19.7 Å². The molecule has 0 heterocycles. The third-order valence-corrected chi connectivity index (χ3v) is 5.98. The quantitative estimate of drug-likeness (QED) is 0.338. The third kappa shape index (κ3) is 5.25. The van der Waals surface area contributed by atoms with E-state index >= 15 is 0 Å². The molecule has 0 aromatic heterocycles. The van der Waals surface area contributed by atoms with Crippen LogP contribution in [0.3, 0.4) is 0 Å². The minimum atomic E-state index is -4.36. The van der Waals surface area contributed by atoms with Crippen molar-refractivity contribution in [2.45, 2.75) is 6.18 Å². The van der Waals surface area contributed by atoms with Crippen LogP contribution in [0.2, 0.25) is 0 Å². The molecule has 3 aromatic rings. The van der Waals surface area contributed by atoms with Gasteiger partial charge in [0.05, 0.1) is 5.56 Å². The number of alkyl halides is 3. The van der Waals surface area contributed by atoms with Crippen LogP contribution in [-0.4, -0.2) is 0 Å². The van der Waals surface area contributed by atoms with Gasteiger partial charge >= 0.3 is 6.18 Å². The molecule has 25 heavy (non-hydrogen) atoms. The molecule has 0 spiro atoms. The predicted octanol–water partition coefficient (Wildman–Crippen LogP) is 5.04. The fraction of sp³-hybridized carbons (Fsp3) is 0.0526. The van der Waals surface area contributed by atoms with Crippen molar-refractivity contribution in [3.8, 4) is 0 Å². The molecule has 0 radical (unpaired) electrons. The van der Waals surface area contributed by atoms with Crippen molar-refractivity contribution >= 4 is 40.8 Å². The SMILES string of the molecule is Br.FC(F)(F)c1ccccc1P(c1ccccc1)c1ccccc1.[Pd]. The van der Waals surface area contributed by atoms with Crippen LogP contribution in [0.25, 0.3) is 0 Å². The molecule has 0 saturated heterocycles. The van der Waals surface area contributed by atoms with Crippen molar-refractivity contribution in [2.24, 2.45) is 0 Å². The first kappa shape index (κ1) is 22.1. The molecule has 0 atom stereocenters. The van der Waals surface area contributed by atoms with Crippen LogP contribution in [-0.2, 0) is 26.6 Å². The Hall–Kier alpha value is -0.978. The molecule has 0 aliphatic rings. The maximum absolute atomic E-state index is 13.5. The Balaban J connectivity index is 0.00000156. The fourth-order valence-corrected chi connectivity index (χ4v) is 4.96. The van der Waals surface area contributed by atoms with Gasteiger partial charge in [-0.05, 0) is 29.9 Å². The second-order valence-electron chi connectivity index (χ2n) is 5.02. The number of rotatable bonds is 3. The minimum Gasteiger partial charge on any atom is -0.166 e. The van der Waals surface area contributed by atoms with E-state index in [4.69, 9.17) is 0 Å². The van der Waals surface area contributed by atoms with E-state index in [0.717, 1.165) is 16.7 Å². The molecule has 0 unspecified atom stereocenters. The van der Waals surface area contributed by atoms with Gasteiger partial charge in [0, 0.05) is 20.4 Å². The van der Waals surface area contributed by atoms with Gasteiger partial charge in [-0.25, -0.2) is 0 Å². The van der Waals surface area contributed by atoms with E-state index in [-0.39, 0.29) is 37.4 Å². The van der Waals surface area contributed by atoms with E-state index in [1.54, 1.807) is 12.1 Å². The van der Waals surface area contributed by atoms with Gasteiger partial charge in [-0.1, -0.05) is 78.9 Å². The number of hydrogen-bond donors (Lipinski definition) is 0. The molecule has 0 N–H and O–H groups in total. The zero-order valence-corrected chi connectivity index (χ0v) is 17.1. The van der Waals surface area contributed by atoms with Gasteiger partial charge in [-0.3, -0.25) is 0 Å². The topological polar surface area (TPSA) is 0 Å². The molecule has 134 valence electrons. The largest absolute Gasteiger partial charge is 0.417 e. The summed E-state index contributed by atoms with van der Waals surface area (Å²) in [6.07, 6.45) is -4.36. The van der Waals surface area contributed by atoms with Crippen molar-refractivity contribution in [1.82, 2.24) is 0 Å². The first-order chi connectivity index (χ1) is 11.1. The smallest absolute Gasteiger partial charge is 0.166 e. The summed E-state index contributed by atoms with van der Waals surface area (Å²) < 4.78 is 40.4. The molecule has 0 aliphatic carbocycles. The van der Waals surface area contributed by atoms with Crippen molar-refractivity contribution in [1.29, 1.82) is 0 Å². The first-order valence-corrected chi connectivity index (χ1v) is 8.48. The van der Waals surface area contributed by atoms with E-state index in [0.29, 0.717) is 5.30 Å². The van der Waals surface area contributed by atoms with Gasteiger partial charge in [0.2, 0.25) is 0 Å². The van der Waals surface area contributed by atoms with Gasteiger partial charge < -0.3 is 0 Å². The fourth-order valence-electron chi connectivity index (χ4n) is 2.49. The normalized spacial score (nSPS) is 10.7. The van der Waals surface area contributed by atoms with Crippen molar-refractivity contribution in [2.75, 3.05) is 0 Å². The molecule has 0 saturated carbocycles. The Bertz CT molecular complexity index is 740. The van der Waals surface area contributed by atoms with Crippen LogP contribution in [0, 0.1) is 0 Å². The Morgan fingerprint density at radius 2 is 1.00 bits per heavy atom. The summed E-state index contributed by atoms with van der Waals surface area (Å²) in [6.45, 7) is 0. The van der Waals surface area contributed by atoms with Gasteiger partial charge in [-0.2, -0.15) is 13.2 Å². The van der Waals surface area contributed by atoms with Crippen LogP contribution in [0.5, 0.6) is 0 Å². The summed E-state index contributed by atoms with van der Waals surface area (Å²) in [5, 5.41) is 2.16. The van der Waals surface area contributed by atoms with Crippen LogP contribution in [0.1, 0.15) is 5.56 Å². The molecule has 3 rings (SSSR count). The second-order valence-corrected chi connectivity index (χ2v) is 7.21. The Labute approximate surface area is 170 Å². The average Bonchev–Trinajstić information content (AvgIpc) is 2.57. The Morgan fingerprint density at radius 1 is 0.600 bits per heavy atom. The van der Waals surface area contributed by atoms with E-state index in [9.17, 15) is 13.2 Å². The van der Waals surface area contributed by atoms with Crippen molar-refractivity contribution in [3.63, 3.8) is 0 Å². The summed E-state index contributed by atoms with van der Waals surface area (Å²) in [4.78, 5) is 0. The molecule has 6 heteroatoms. The molecule has 0 nitrogen and oxygen atoms in total. The van der Waals surface area contributed by atoms with Gasteiger partial charge in [0.25, 0.3) is 0 Å². The standard InChI is InChI=1S/C19H14F3P.BrH.Pd/c20-19(21,22)17-13-7-8-14-18(17)23(15-9-3-1-4-10-15)16-11-5-2-6-12-16;;/h1-14H;1H;. The van der Waals surface area contributed by atoms with Gasteiger partial charge in [-0.15, -0.1) is 17.0 Å². The summed E-state index contributed by atoms with van der Waals surface area (Å²) in [5.74, 6) is 0. The monoisotopic (exact) mass is 516 g/mol.